The molecule has 1 aliphatic carbocycles. The zero-order chi connectivity index (χ0) is 43.5. The maximum absolute atomic E-state index is 15.5. The van der Waals surface area contributed by atoms with Crippen molar-refractivity contribution in [3.8, 4) is 5.75 Å². The summed E-state index contributed by atoms with van der Waals surface area (Å²) in [6, 6.07) is 8.95. The fourth-order valence-corrected chi connectivity index (χ4v) is 13.6. The SMILES string of the molecule is CC[C@]1(O)C[C@H]2CN(CCc3c([nH]c4ccccc34)[C@@](C(=O)OC)(c3cc4c(cc3OC)N(C=O)[C@H]3[C@@](O)(C(=O)OC)[C@H](OC(C)=O)[C@]5(CC)C=CC[N+]6([O-])CC[C@]43[C@H]56)C2)C1. The number of nitrogens with one attached hydrogen (secondary N) is 1. The van der Waals surface area contributed by atoms with E-state index < -0.39 is 68.2 Å². The van der Waals surface area contributed by atoms with Crippen LogP contribution in [-0.2, 0) is 50.6 Å². The molecule has 2 saturated heterocycles. The molecule has 3 N–H and O–H groups in total. The average molecular weight is 841 g/mol. The van der Waals surface area contributed by atoms with Crippen LogP contribution in [0.15, 0.2) is 48.6 Å². The van der Waals surface area contributed by atoms with Crippen LogP contribution in [0.25, 0.3) is 10.9 Å². The van der Waals surface area contributed by atoms with Crippen LogP contribution in [-0.4, -0.2) is 133 Å². The highest BCUT2D eigenvalue weighted by Crippen LogP contribution is 2.70. The van der Waals surface area contributed by atoms with Crippen molar-refractivity contribution in [2.24, 2.45) is 11.3 Å². The van der Waals surface area contributed by atoms with E-state index in [9.17, 15) is 24.6 Å². The minimum Gasteiger partial charge on any atom is -0.632 e. The van der Waals surface area contributed by atoms with Crippen molar-refractivity contribution in [3.05, 3.63) is 76.1 Å². The summed E-state index contributed by atoms with van der Waals surface area (Å²) in [6.07, 6.45) is 4.48. The summed E-state index contributed by atoms with van der Waals surface area (Å²) in [5.74, 6) is -2.44. The number of rotatable bonds is 8. The molecule has 11 atom stereocenters. The van der Waals surface area contributed by atoms with Gasteiger partial charge >= 0.3 is 17.9 Å². The number of hydrogen-bond acceptors (Lipinski definition) is 12. The Morgan fingerprint density at radius 1 is 1.03 bits per heavy atom. The fourth-order valence-electron chi connectivity index (χ4n) is 13.6. The number of ether oxygens (including phenoxy) is 4. The first-order valence-electron chi connectivity index (χ1n) is 21.4. The molecule has 0 radical (unpaired) electrons. The van der Waals surface area contributed by atoms with Gasteiger partial charge in [0, 0.05) is 61.2 Å². The maximum atomic E-state index is 15.5. The fraction of sp³-hybridized carbons (Fsp3) is 0.565. The van der Waals surface area contributed by atoms with E-state index in [1.807, 2.05) is 44.2 Å². The third-order valence-corrected chi connectivity index (χ3v) is 15.8. The quantitative estimate of drug-likeness (QED) is 0.0749. The highest BCUT2D eigenvalue weighted by molar-refractivity contribution is 5.96. The molecule has 15 nitrogen and oxygen atoms in total. The molecule has 61 heavy (non-hydrogen) atoms. The number of amides is 1. The highest BCUT2D eigenvalue weighted by atomic mass is 16.6. The lowest BCUT2D eigenvalue weighted by atomic mass is 9.47. The molecule has 3 fully saturated rings. The summed E-state index contributed by atoms with van der Waals surface area (Å²) >= 11 is 0. The molecule has 1 aromatic heterocycles. The van der Waals surface area contributed by atoms with Crippen LogP contribution in [0.3, 0.4) is 0 Å². The van der Waals surface area contributed by atoms with Gasteiger partial charge < -0.3 is 48.9 Å². The van der Waals surface area contributed by atoms with Crippen molar-refractivity contribution >= 4 is 40.9 Å². The lowest BCUT2D eigenvalue weighted by molar-refractivity contribution is -0.900. The van der Waals surface area contributed by atoms with Crippen LogP contribution >= 0.6 is 0 Å². The minimum absolute atomic E-state index is 0.0621. The number of para-hydroxylation sites is 1. The summed E-state index contributed by atoms with van der Waals surface area (Å²) in [6.45, 7) is 6.88. The summed E-state index contributed by atoms with van der Waals surface area (Å²) in [4.78, 5) is 63.7. The molecule has 2 unspecified atom stereocenters. The van der Waals surface area contributed by atoms with Gasteiger partial charge in [0.1, 0.15) is 17.2 Å². The molecule has 1 amide bonds. The van der Waals surface area contributed by atoms with Crippen LogP contribution in [0.2, 0.25) is 0 Å². The van der Waals surface area contributed by atoms with Crippen LogP contribution in [0.1, 0.15) is 75.3 Å². The molecule has 6 heterocycles. The Labute approximate surface area is 354 Å². The maximum Gasteiger partial charge on any atom is 0.344 e. The number of anilines is 1. The van der Waals surface area contributed by atoms with Gasteiger partial charge in [0.15, 0.2) is 6.10 Å². The Morgan fingerprint density at radius 3 is 2.46 bits per heavy atom. The third kappa shape index (κ3) is 5.33. The predicted molar refractivity (Wildman–Crippen MR) is 222 cm³/mol. The number of carbonyl (C=O) groups is 4. The number of H-pyrrole nitrogens is 1. The summed E-state index contributed by atoms with van der Waals surface area (Å²) in [7, 11) is 3.96. The molecule has 3 aromatic rings. The molecule has 1 saturated carbocycles. The number of aliphatic hydroxyl groups is 2. The molecular formula is C46H56N4O11. The zero-order valence-corrected chi connectivity index (χ0v) is 35.7. The number of esters is 3. The molecule has 2 aromatic carbocycles. The van der Waals surface area contributed by atoms with Crippen molar-refractivity contribution in [1.82, 2.24) is 9.88 Å². The van der Waals surface area contributed by atoms with Crippen LogP contribution in [0, 0.1) is 16.5 Å². The summed E-state index contributed by atoms with van der Waals surface area (Å²) < 4.78 is 22.7. The third-order valence-electron chi connectivity index (χ3n) is 15.8. The van der Waals surface area contributed by atoms with E-state index in [-0.39, 0.29) is 49.7 Å². The number of aromatic nitrogens is 1. The molecule has 5 aliphatic heterocycles. The summed E-state index contributed by atoms with van der Waals surface area (Å²) in [5.41, 5.74) is -4.56. The zero-order valence-electron chi connectivity index (χ0n) is 35.7. The molecule has 1 spiro atoms. The van der Waals surface area contributed by atoms with E-state index in [1.165, 1.54) is 26.0 Å². The van der Waals surface area contributed by atoms with Gasteiger partial charge in [0.2, 0.25) is 12.0 Å². The molecule has 326 valence electrons. The van der Waals surface area contributed by atoms with Gasteiger partial charge in [-0.25, -0.2) is 4.79 Å². The standard InChI is InChI=1S/C46H56N4O11/c1-7-42(55)22-28-23-45(40(53)59-5,36-30(14-17-48(24-28)25-42)29-12-9-10-13-33(29)47-36)32-20-31-34(21-35(32)58-4)49(26-51)37-44(31)16-19-50(57)18-11-15-43(8-2,38(44)50)39(61-27(3)52)46(37,56)41(54)60-6/h9-13,15,20-21,26,28,37-39,47,55-56H,7-8,14,16-19,22-25H2,1-6H3/t28-,37-,38+,39-,42+,43-,44+,45+,46+,50?/m1/s1. The number of piperidine rings is 1. The van der Waals surface area contributed by atoms with Crippen molar-refractivity contribution in [3.63, 3.8) is 0 Å². The number of quaternary nitrogens is 1. The Kier molecular flexibility index (Phi) is 9.61. The van der Waals surface area contributed by atoms with Gasteiger partial charge in [-0.15, -0.1) is 0 Å². The van der Waals surface area contributed by atoms with Gasteiger partial charge in [-0.2, -0.15) is 0 Å². The van der Waals surface area contributed by atoms with E-state index >= 15 is 10.0 Å². The van der Waals surface area contributed by atoms with E-state index in [2.05, 4.69) is 9.88 Å². The number of fused-ring (bicyclic) bond motifs is 6. The second-order valence-electron chi connectivity index (χ2n) is 18.5. The average Bonchev–Trinajstić information content (AvgIpc) is 3.89. The Morgan fingerprint density at radius 2 is 1.79 bits per heavy atom. The van der Waals surface area contributed by atoms with E-state index in [0.717, 1.165) is 23.6 Å². The van der Waals surface area contributed by atoms with Crippen LogP contribution < -0.4 is 9.64 Å². The number of benzene rings is 2. The first-order chi connectivity index (χ1) is 29.1. The minimum atomic E-state index is -2.67. The van der Waals surface area contributed by atoms with Gasteiger partial charge in [-0.1, -0.05) is 38.1 Å². The lowest BCUT2D eigenvalue weighted by Crippen LogP contribution is -2.83. The topological polar surface area (TPSA) is 191 Å². The molecule has 15 heteroatoms. The summed E-state index contributed by atoms with van der Waals surface area (Å²) in [5, 5.41) is 41.7. The van der Waals surface area contributed by atoms with Gasteiger partial charge in [0.05, 0.1) is 62.6 Å². The smallest absolute Gasteiger partial charge is 0.344 e. The normalized spacial score (nSPS) is 38.2. The predicted octanol–water partition coefficient (Wildman–Crippen LogP) is 3.53. The van der Waals surface area contributed by atoms with Gasteiger partial charge in [0.25, 0.3) is 0 Å². The largest absolute Gasteiger partial charge is 0.632 e. The van der Waals surface area contributed by atoms with E-state index in [1.54, 1.807) is 18.2 Å². The number of nitrogens with zero attached hydrogens (tertiary/aromatic N) is 3. The number of carbonyl (C=O) groups excluding carboxylic acids is 4. The Hall–Kier alpha value is -4.80. The second-order valence-corrected chi connectivity index (χ2v) is 18.5. The lowest BCUT2D eigenvalue weighted by Gasteiger charge is -2.65. The first kappa shape index (κ1) is 41.5. The van der Waals surface area contributed by atoms with Crippen molar-refractivity contribution < 1.29 is 53.0 Å². The monoisotopic (exact) mass is 840 g/mol. The Bertz CT molecular complexity index is 2370. The molecule has 6 aliphatic rings. The van der Waals surface area contributed by atoms with Crippen LogP contribution in [0.4, 0.5) is 5.69 Å². The molecule has 9 rings (SSSR count). The van der Waals surface area contributed by atoms with Gasteiger partial charge in [-0.3, -0.25) is 19.3 Å². The number of methoxy groups -OCH3 is 3. The van der Waals surface area contributed by atoms with E-state index in [4.69, 9.17) is 18.9 Å². The highest BCUT2D eigenvalue weighted by Gasteiger charge is 2.84. The first-order valence-corrected chi connectivity index (χ1v) is 21.4. The number of hydrogen-bond donors (Lipinski definition) is 3. The Balaban J connectivity index is 1.39. The van der Waals surface area contributed by atoms with Crippen molar-refractivity contribution in [2.45, 2.75) is 99.5 Å². The van der Waals surface area contributed by atoms with Crippen molar-refractivity contribution in [2.75, 3.05) is 59.0 Å². The van der Waals surface area contributed by atoms with Crippen LogP contribution in [0.5, 0.6) is 5.75 Å². The second kappa shape index (κ2) is 14.1. The van der Waals surface area contributed by atoms with Gasteiger partial charge in [-0.05, 0) is 67.4 Å². The van der Waals surface area contributed by atoms with E-state index in [0.29, 0.717) is 62.1 Å². The molecular weight excluding hydrogens is 785 g/mol. The number of aromatic amines is 1. The van der Waals surface area contributed by atoms with Crippen molar-refractivity contribution in [1.29, 1.82) is 0 Å². The number of hydroxylamine groups is 3. The molecule has 2 bridgehead atoms.